The summed E-state index contributed by atoms with van der Waals surface area (Å²) in [6.45, 7) is 1.54. The van der Waals surface area contributed by atoms with Gasteiger partial charge in [-0.15, -0.1) is 0 Å². The maximum atomic E-state index is 12.1. The van der Waals surface area contributed by atoms with Crippen LogP contribution < -0.4 is 16.2 Å². The van der Waals surface area contributed by atoms with Gasteiger partial charge in [0.05, 0.1) is 17.7 Å². The van der Waals surface area contributed by atoms with Crippen molar-refractivity contribution in [1.82, 2.24) is 30.2 Å². The van der Waals surface area contributed by atoms with Crippen molar-refractivity contribution >= 4 is 22.5 Å². The normalized spacial score (nSPS) is 11.1. The zero-order valence-corrected chi connectivity index (χ0v) is 18.0. The lowest BCUT2D eigenvalue weighted by Gasteiger charge is -2.08. The second-order valence-electron chi connectivity index (χ2n) is 7.40. The summed E-state index contributed by atoms with van der Waals surface area (Å²) in [6.07, 6.45) is 3.09. The highest BCUT2D eigenvalue weighted by atomic mass is 16.5. The maximum absolute atomic E-state index is 12.1. The number of nitrogens with zero attached hydrogens (tertiary/aromatic N) is 4. The Bertz CT molecular complexity index is 1280. The number of aliphatic hydroxyl groups excluding tert-OH is 1. The van der Waals surface area contributed by atoms with Crippen molar-refractivity contribution in [2.45, 2.75) is 25.8 Å². The van der Waals surface area contributed by atoms with Crippen molar-refractivity contribution in [3.05, 3.63) is 58.8 Å². The number of rotatable bonds is 11. The molecule has 0 aliphatic rings. The molecule has 1 aromatic carbocycles. The van der Waals surface area contributed by atoms with Crippen molar-refractivity contribution in [1.29, 1.82) is 0 Å². The van der Waals surface area contributed by atoms with Crippen LogP contribution in [0.4, 0.5) is 5.82 Å². The smallest absolute Gasteiger partial charge is 0.272 e. The number of aliphatic hydroxyl groups is 1. The molecule has 4 rings (SSSR count). The molecule has 4 N–H and O–H groups in total. The van der Waals surface area contributed by atoms with E-state index in [4.69, 9.17) is 9.63 Å². The number of aryl methyl sites for hydroxylation is 1. The summed E-state index contributed by atoms with van der Waals surface area (Å²) < 4.78 is 7.08. The summed E-state index contributed by atoms with van der Waals surface area (Å²) in [7, 11) is 0. The van der Waals surface area contributed by atoms with Crippen LogP contribution in [0.15, 0.2) is 51.9 Å². The first kappa shape index (κ1) is 22.2. The van der Waals surface area contributed by atoms with E-state index in [2.05, 4.69) is 31.0 Å². The van der Waals surface area contributed by atoms with Crippen LogP contribution in [-0.4, -0.2) is 55.6 Å². The van der Waals surface area contributed by atoms with E-state index in [1.165, 1.54) is 0 Å². The number of hydrogen-bond acceptors (Lipinski definition) is 8. The fourth-order valence-corrected chi connectivity index (χ4v) is 3.46. The van der Waals surface area contributed by atoms with Gasteiger partial charge >= 0.3 is 0 Å². The second kappa shape index (κ2) is 10.6. The van der Waals surface area contributed by atoms with Crippen LogP contribution in [0.5, 0.6) is 0 Å². The van der Waals surface area contributed by atoms with Gasteiger partial charge in [-0.2, -0.15) is 10.1 Å². The van der Waals surface area contributed by atoms with Gasteiger partial charge in [0.25, 0.3) is 5.56 Å². The number of aromatic amines is 1. The predicted molar refractivity (Wildman–Crippen MR) is 122 cm³/mol. The number of carbonyl (C=O) groups excluding carboxylic acids is 1. The van der Waals surface area contributed by atoms with Gasteiger partial charge in [-0.3, -0.25) is 9.59 Å². The molecule has 1 amide bonds. The Morgan fingerprint density at radius 3 is 2.85 bits per heavy atom. The molecular weight excluding hydrogens is 426 g/mol. The fourth-order valence-electron chi connectivity index (χ4n) is 3.46. The summed E-state index contributed by atoms with van der Waals surface area (Å²) >= 11 is 0. The number of nitrogens with one attached hydrogen (secondary N) is 3. The van der Waals surface area contributed by atoms with Gasteiger partial charge < -0.3 is 24.8 Å². The van der Waals surface area contributed by atoms with Crippen molar-refractivity contribution in [3.8, 4) is 11.5 Å². The Kier molecular flexibility index (Phi) is 7.10. The number of hydrogen-bond donors (Lipinski definition) is 4. The average molecular weight is 451 g/mol. The number of fused-ring (bicyclic) bond motifs is 1. The summed E-state index contributed by atoms with van der Waals surface area (Å²) in [6, 6.07) is 10.9. The monoisotopic (exact) mass is 451 g/mol. The van der Waals surface area contributed by atoms with E-state index in [0.29, 0.717) is 55.4 Å². The Morgan fingerprint density at radius 2 is 2.00 bits per heavy atom. The first-order valence-electron chi connectivity index (χ1n) is 10.7. The zero-order chi connectivity index (χ0) is 23.0. The van der Waals surface area contributed by atoms with Gasteiger partial charge in [-0.05, 0) is 24.6 Å². The Morgan fingerprint density at radius 1 is 1.15 bits per heavy atom. The number of carbonyl (C=O) groups is 1. The molecule has 0 atom stereocenters. The molecule has 0 aliphatic heterocycles. The van der Waals surface area contributed by atoms with E-state index in [1.54, 1.807) is 12.1 Å². The van der Waals surface area contributed by atoms with E-state index < -0.39 is 0 Å². The minimum absolute atomic E-state index is 0.0139. The lowest BCUT2D eigenvalue weighted by Crippen LogP contribution is -2.26. The van der Waals surface area contributed by atoms with Crippen LogP contribution in [0, 0.1) is 0 Å². The molecule has 4 aromatic rings. The van der Waals surface area contributed by atoms with Crippen LogP contribution in [0.3, 0.4) is 0 Å². The highest BCUT2D eigenvalue weighted by Gasteiger charge is 2.13. The van der Waals surface area contributed by atoms with Gasteiger partial charge in [-0.1, -0.05) is 23.4 Å². The fraction of sp³-hybridized carbons (Fsp3) is 0.318. The maximum Gasteiger partial charge on any atom is 0.272 e. The van der Waals surface area contributed by atoms with E-state index in [9.17, 15) is 9.59 Å². The Labute approximate surface area is 188 Å². The molecule has 0 aliphatic carbocycles. The molecule has 0 radical (unpaired) electrons. The summed E-state index contributed by atoms with van der Waals surface area (Å²) in [5, 5.41) is 27.0. The molecule has 0 bridgehead atoms. The number of aromatic nitrogens is 5. The number of benzene rings is 1. The van der Waals surface area contributed by atoms with Crippen molar-refractivity contribution in [2.75, 3.05) is 25.0 Å². The van der Waals surface area contributed by atoms with Gasteiger partial charge in [-0.25, -0.2) is 5.10 Å². The number of H-pyrrole nitrogens is 1. The first-order valence-corrected chi connectivity index (χ1v) is 10.7. The molecule has 0 saturated heterocycles. The largest absolute Gasteiger partial charge is 0.395 e. The van der Waals surface area contributed by atoms with Crippen LogP contribution in [0.25, 0.3) is 22.3 Å². The van der Waals surface area contributed by atoms with Gasteiger partial charge in [0.15, 0.2) is 5.82 Å². The Hall–Kier alpha value is -3.99. The quantitative estimate of drug-likeness (QED) is 0.249. The van der Waals surface area contributed by atoms with Crippen LogP contribution in [0.1, 0.15) is 18.7 Å². The SMILES string of the molecule is O=C(CCc1nc(-c2cccn2CCO)no1)NCCCNc1n[nH]c(=O)c2ccccc12. The van der Waals surface area contributed by atoms with Gasteiger partial charge in [0.2, 0.25) is 17.6 Å². The van der Waals surface area contributed by atoms with Gasteiger partial charge in [0, 0.05) is 44.1 Å². The highest BCUT2D eigenvalue weighted by Crippen LogP contribution is 2.18. The molecule has 0 unspecified atom stereocenters. The second-order valence-corrected chi connectivity index (χ2v) is 7.40. The average Bonchev–Trinajstić information content (AvgIpc) is 3.48. The molecule has 3 heterocycles. The van der Waals surface area contributed by atoms with Crippen molar-refractivity contribution in [2.24, 2.45) is 0 Å². The van der Waals surface area contributed by atoms with Crippen molar-refractivity contribution < 1.29 is 14.4 Å². The molecular formula is C22H25N7O4. The topological polar surface area (TPSA) is 151 Å². The van der Waals surface area contributed by atoms with E-state index in [0.717, 1.165) is 11.1 Å². The number of anilines is 1. The molecule has 33 heavy (non-hydrogen) atoms. The van der Waals surface area contributed by atoms with Crippen LogP contribution in [-0.2, 0) is 17.8 Å². The van der Waals surface area contributed by atoms with E-state index >= 15 is 0 Å². The third-order valence-electron chi connectivity index (χ3n) is 5.10. The zero-order valence-electron chi connectivity index (χ0n) is 18.0. The summed E-state index contributed by atoms with van der Waals surface area (Å²) in [5.41, 5.74) is 0.525. The lowest BCUT2D eigenvalue weighted by molar-refractivity contribution is -0.121. The highest BCUT2D eigenvalue weighted by molar-refractivity contribution is 5.90. The molecule has 0 spiro atoms. The van der Waals surface area contributed by atoms with E-state index in [-0.39, 0.29) is 24.5 Å². The first-order chi connectivity index (χ1) is 16.2. The Balaban J connectivity index is 1.19. The predicted octanol–water partition coefficient (Wildman–Crippen LogP) is 1.32. The minimum Gasteiger partial charge on any atom is -0.395 e. The van der Waals surface area contributed by atoms with Gasteiger partial charge in [0.1, 0.15) is 0 Å². The third-order valence-corrected chi connectivity index (χ3v) is 5.10. The van der Waals surface area contributed by atoms with Crippen LogP contribution in [0.2, 0.25) is 0 Å². The molecule has 11 nitrogen and oxygen atoms in total. The number of amides is 1. The molecule has 172 valence electrons. The molecule has 11 heteroatoms. The lowest BCUT2D eigenvalue weighted by atomic mass is 10.2. The molecule has 0 saturated carbocycles. The summed E-state index contributed by atoms with van der Waals surface area (Å²) in [5.74, 6) is 1.31. The standard InChI is InChI=1S/C22H25N7O4/c30-14-13-29-12-3-7-17(29)21-25-19(33-28-21)9-8-18(31)23-10-4-11-24-20-15-5-1-2-6-16(15)22(32)27-26-20/h1-3,5-7,12,30H,4,8-11,13-14H2,(H,23,31)(H,24,26)(H,27,32). The third kappa shape index (κ3) is 5.44. The summed E-state index contributed by atoms with van der Waals surface area (Å²) in [4.78, 5) is 28.3. The van der Waals surface area contributed by atoms with Crippen molar-refractivity contribution in [3.63, 3.8) is 0 Å². The minimum atomic E-state index is -0.226. The van der Waals surface area contributed by atoms with Crippen LogP contribution >= 0.6 is 0 Å². The van der Waals surface area contributed by atoms with E-state index in [1.807, 2.05) is 35.0 Å². The molecule has 0 fully saturated rings. The molecule has 3 aromatic heterocycles.